The van der Waals surface area contributed by atoms with Crippen LogP contribution >= 0.6 is 0 Å². The van der Waals surface area contributed by atoms with Crippen molar-refractivity contribution >= 4 is 23.3 Å². The third-order valence-corrected chi connectivity index (χ3v) is 4.39. The molecule has 0 radical (unpaired) electrons. The van der Waals surface area contributed by atoms with E-state index in [0.717, 1.165) is 37.1 Å². The minimum Gasteiger partial charge on any atom is -0.378 e. The Bertz CT molecular complexity index is 597. The fourth-order valence-corrected chi connectivity index (χ4v) is 3.00. The molecule has 2 N–H and O–H groups in total. The van der Waals surface area contributed by atoms with Crippen molar-refractivity contribution in [3.8, 4) is 0 Å². The molecule has 23 heavy (non-hydrogen) atoms. The number of nitrogens with one attached hydrogen (secondary N) is 2. The van der Waals surface area contributed by atoms with Crippen LogP contribution in [-0.2, 0) is 16.0 Å². The average Bonchev–Trinajstić information content (AvgIpc) is 2.92. The Kier molecular flexibility index (Phi) is 4.81. The summed E-state index contributed by atoms with van der Waals surface area (Å²) in [6, 6.07) is 5.34. The van der Waals surface area contributed by atoms with E-state index in [1.165, 1.54) is 6.42 Å². The van der Waals surface area contributed by atoms with Crippen molar-refractivity contribution in [1.29, 1.82) is 0 Å². The lowest BCUT2D eigenvalue weighted by Gasteiger charge is -2.25. The number of nitrogens with zero attached hydrogens (tertiary/aromatic N) is 1. The number of rotatable bonds is 4. The first-order valence-electron chi connectivity index (χ1n) is 8.18. The molecule has 1 saturated heterocycles. The van der Waals surface area contributed by atoms with Crippen molar-refractivity contribution in [3.63, 3.8) is 0 Å². The summed E-state index contributed by atoms with van der Waals surface area (Å²) in [7, 11) is 1.79. The zero-order chi connectivity index (χ0) is 16.2. The van der Waals surface area contributed by atoms with E-state index in [1.54, 1.807) is 18.0 Å². The maximum atomic E-state index is 12.2. The summed E-state index contributed by atoms with van der Waals surface area (Å²) in [5.74, 6) is -0.00641. The number of hydrogen-bond donors (Lipinski definition) is 2. The second-order valence-corrected chi connectivity index (χ2v) is 6.23. The summed E-state index contributed by atoms with van der Waals surface area (Å²) in [4.78, 5) is 25.3. The molecule has 6 heteroatoms. The van der Waals surface area contributed by atoms with Crippen LogP contribution in [-0.4, -0.2) is 43.1 Å². The summed E-state index contributed by atoms with van der Waals surface area (Å²) in [5, 5.41) is 5.66. The molecule has 0 bridgehead atoms. The fourth-order valence-electron chi connectivity index (χ4n) is 3.00. The van der Waals surface area contributed by atoms with Gasteiger partial charge in [-0.25, -0.2) is 4.79 Å². The number of urea groups is 1. The van der Waals surface area contributed by atoms with Crippen molar-refractivity contribution in [2.24, 2.45) is 0 Å². The highest BCUT2D eigenvalue weighted by molar-refractivity contribution is 6.00. The first-order chi connectivity index (χ1) is 11.1. The summed E-state index contributed by atoms with van der Waals surface area (Å²) >= 11 is 0. The van der Waals surface area contributed by atoms with Gasteiger partial charge >= 0.3 is 6.03 Å². The van der Waals surface area contributed by atoms with Crippen LogP contribution < -0.4 is 10.6 Å². The van der Waals surface area contributed by atoms with Gasteiger partial charge in [0.1, 0.15) is 0 Å². The number of ether oxygens (including phenoxy) is 1. The number of fused-ring (bicyclic) bond motifs is 1. The zero-order valence-corrected chi connectivity index (χ0v) is 13.4. The van der Waals surface area contributed by atoms with Gasteiger partial charge in [-0.2, -0.15) is 0 Å². The van der Waals surface area contributed by atoms with Crippen LogP contribution in [0, 0.1) is 0 Å². The van der Waals surface area contributed by atoms with Gasteiger partial charge in [-0.15, -0.1) is 0 Å². The Balaban J connectivity index is 1.50. The third-order valence-electron chi connectivity index (χ3n) is 4.39. The van der Waals surface area contributed by atoms with Gasteiger partial charge in [0, 0.05) is 31.6 Å². The Labute approximate surface area is 136 Å². The van der Waals surface area contributed by atoms with Crippen LogP contribution in [0.1, 0.15) is 31.2 Å². The van der Waals surface area contributed by atoms with Crippen LogP contribution in [0.5, 0.6) is 0 Å². The van der Waals surface area contributed by atoms with E-state index in [9.17, 15) is 9.59 Å². The Morgan fingerprint density at radius 1 is 1.43 bits per heavy atom. The van der Waals surface area contributed by atoms with Gasteiger partial charge in [-0.1, -0.05) is 0 Å². The topological polar surface area (TPSA) is 70.7 Å². The van der Waals surface area contributed by atoms with E-state index in [-0.39, 0.29) is 18.0 Å². The predicted octanol–water partition coefficient (Wildman–Crippen LogP) is 2.60. The maximum Gasteiger partial charge on any atom is 0.321 e. The number of hydrogen-bond acceptors (Lipinski definition) is 3. The molecule has 3 rings (SSSR count). The van der Waals surface area contributed by atoms with Gasteiger partial charge in [-0.05, 0) is 49.4 Å². The van der Waals surface area contributed by atoms with Crippen molar-refractivity contribution < 1.29 is 14.3 Å². The largest absolute Gasteiger partial charge is 0.378 e. The monoisotopic (exact) mass is 317 g/mol. The Hall–Kier alpha value is -2.08. The molecule has 0 saturated carbocycles. The molecule has 1 aromatic carbocycles. The highest BCUT2D eigenvalue weighted by atomic mass is 16.5. The summed E-state index contributed by atoms with van der Waals surface area (Å²) in [5.41, 5.74) is 2.47. The minimum atomic E-state index is -0.141. The van der Waals surface area contributed by atoms with E-state index in [2.05, 4.69) is 10.6 Å². The molecule has 124 valence electrons. The van der Waals surface area contributed by atoms with E-state index in [4.69, 9.17) is 4.74 Å². The fraction of sp³-hybridized carbons (Fsp3) is 0.529. The van der Waals surface area contributed by atoms with E-state index in [0.29, 0.717) is 18.7 Å². The molecular formula is C17H23N3O3. The van der Waals surface area contributed by atoms with Crippen molar-refractivity contribution in [3.05, 3.63) is 23.8 Å². The lowest BCUT2D eigenvalue weighted by molar-refractivity contribution is -0.115. The lowest BCUT2D eigenvalue weighted by Crippen LogP contribution is -2.34. The van der Waals surface area contributed by atoms with Crippen molar-refractivity contribution in [1.82, 2.24) is 4.90 Å². The van der Waals surface area contributed by atoms with Gasteiger partial charge in [0.05, 0.1) is 12.5 Å². The highest BCUT2D eigenvalue weighted by Gasteiger charge is 2.19. The molecule has 2 aliphatic heterocycles. The number of carbonyl (C=O) groups is 2. The first kappa shape index (κ1) is 15.8. The molecule has 2 heterocycles. The molecule has 2 aliphatic rings. The van der Waals surface area contributed by atoms with Gasteiger partial charge in [0.15, 0.2) is 0 Å². The third kappa shape index (κ3) is 4.01. The number of anilines is 2. The van der Waals surface area contributed by atoms with Crippen molar-refractivity contribution in [2.45, 2.75) is 38.2 Å². The minimum absolute atomic E-state index is 0.00641. The van der Waals surface area contributed by atoms with Crippen LogP contribution in [0.25, 0.3) is 0 Å². The van der Waals surface area contributed by atoms with Gasteiger partial charge < -0.3 is 20.3 Å². The molecule has 0 unspecified atom stereocenters. The van der Waals surface area contributed by atoms with Gasteiger partial charge in [0.25, 0.3) is 0 Å². The standard InChI is InChI=1S/C17H23N3O3/c1-20(8-7-14-4-2-3-9-23-14)17(22)18-13-5-6-15-12(10-13)11-16(21)19-15/h5-6,10,14H,2-4,7-9,11H2,1H3,(H,18,22)(H,19,21)/t14-/m1/s1. The van der Waals surface area contributed by atoms with E-state index < -0.39 is 0 Å². The summed E-state index contributed by atoms with van der Waals surface area (Å²) < 4.78 is 5.69. The lowest BCUT2D eigenvalue weighted by atomic mass is 10.1. The van der Waals surface area contributed by atoms with E-state index >= 15 is 0 Å². The SMILES string of the molecule is CN(CC[C@H]1CCCCO1)C(=O)Nc1ccc2c(c1)CC(=O)N2. The zero-order valence-electron chi connectivity index (χ0n) is 13.4. The second kappa shape index (κ2) is 7.00. The van der Waals surface area contributed by atoms with Crippen molar-refractivity contribution in [2.75, 3.05) is 30.8 Å². The number of benzene rings is 1. The Morgan fingerprint density at radius 2 is 2.30 bits per heavy atom. The molecule has 1 fully saturated rings. The second-order valence-electron chi connectivity index (χ2n) is 6.23. The number of amides is 3. The molecule has 0 aliphatic carbocycles. The van der Waals surface area contributed by atoms with Crippen LogP contribution in [0.3, 0.4) is 0 Å². The Morgan fingerprint density at radius 3 is 3.09 bits per heavy atom. The quantitative estimate of drug-likeness (QED) is 0.897. The van der Waals surface area contributed by atoms with Crippen LogP contribution in [0.15, 0.2) is 18.2 Å². The highest BCUT2D eigenvalue weighted by Crippen LogP contribution is 2.26. The summed E-state index contributed by atoms with van der Waals surface area (Å²) in [6.45, 7) is 1.50. The molecule has 0 spiro atoms. The normalized spacial score (nSPS) is 19.9. The molecule has 0 aromatic heterocycles. The van der Waals surface area contributed by atoms with Crippen LogP contribution in [0.4, 0.5) is 16.2 Å². The molecule has 1 atom stereocenters. The van der Waals surface area contributed by atoms with Crippen LogP contribution in [0.2, 0.25) is 0 Å². The predicted molar refractivity (Wildman–Crippen MR) is 88.6 cm³/mol. The maximum absolute atomic E-state index is 12.2. The van der Waals surface area contributed by atoms with Gasteiger partial charge in [-0.3, -0.25) is 4.79 Å². The number of carbonyl (C=O) groups excluding carboxylic acids is 2. The van der Waals surface area contributed by atoms with Gasteiger partial charge in [0.2, 0.25) is 5.91 Å². The van der Waals surface area contributed by atoms with E-state index in [1.807, 2.05) is 12.1 Å². The molecule has 1 aromatic rings. The first-order valence-corrected chi connectivity index (χ1v) is 8.18. The average molecular weight is 317 g/mol. The smallest absolute Gasteiger partial charge is 0.321 e. The molecular weight excluding hydrogens is 294 g/mol. The summed E-state index contributed by atoms with van der Waals surface area (Å²) in [6.07, 6.45) is 4.95. The molecule has 3 amide bonds. The molecule has 6 nitrogen and oxygen atoms in total.